The first-order valence-corrected chi connectivity index (χ1v) is 22.8. The quantitative estimate of drug-likeness (QED) is 0.0451. The van der Waals surface area contributed by atoms with Crippen molar-refractivity contribution < 1.29 is 43.5 Å². The number of carbonyl (C=O) groups excluding carboxylic acids is 1. The van der Waals surface area contributed by atoms with Crippen LogP contribution in [0.1, 0.15) is 78.7 Å². The minimum atomic E-state index is -1.41. The van der Waals surface area contributed by atoms with E-state index in [1.54, 1.807) is 18.0 Å². The normalized spacial score (nSPS) is 22.7. The number of likely N-dealkylation sites (N-methyl/N-ethyl adjacent to an activating group) is 1. The van der Waals surface area contributed by atoms with Gasteiger partial charge in [0.05, 0.1) is 31.5 Å². The van der Waals surface area contributed by atoms with Crippen molar-refractivity contribution >= 4 is 11.8 Å². The van der Waals surface area contributed by atoms with Crippen LogP contribution in [0.4, 0.5) is 4.79 Å². The molecule has 1 aliphatic heterocycles. The maximum Gasteiger partial charge on any atom is 0.410 e. The number of rotatable bonds is 22. The van der Waals surface area contributed by atoms with Crippen LogP contribution in [0.25, 0.3) is 0 Å². The van der Waals surface area contributed by atoms with Gasteiger partial charge in [0.15, 0.2) is 0 Å². The van der Waals surface area contributed by atoms with Crippen molar-refractivity contribution in [3.8, 4) is 17.2 Å². The zero-order valence-electron chi connectivity index (χ0n) is 37.5. The van der Waals surface area contributed by atoms with Crippen molar-refractivity contribution in [1.29, 1.82) is 0 Å². The Bertz CT molecular complexity index is 2210. The molecular formula is C53H64N2O9. The van der Waals surface area contributed by atoms with E-state index in [9.17, 15) is 15.0 Å². The largest absolute Gasteiger partial charge is 0.459 e. The summed E-state index contributed by atoms with van der Waals surface area (Å²) in [5.74, 6) is 0.132. The van der Waals surface area contributed by atoms with Gasteiger partial charge in [-0.05, 0) is 110 Å². The summed E-state index contributed by atoms with van der Waals surface area (Å²) in [5, 5.41) is 24.8. The van der Waals surface area contributed by atoms with E-state index in [0.29, 0.717) is 36.7 Å². The summed E-state index contributed by atoms with van der Waals surface area (Å²) in [6.45, 7) is 9.48. The molecule has 64 heavy (non-hydrogen) atoms. The Labute approximate surface area is 378 Å². The fourth-order valence-electron chi connectivity index (χ4n) is 9.64. The molecule has 0 radical (unpaired) electrons. The van der Waals surface area contributed by atoms with Crippen molar-refractivity contribution in [2.24, 2.45) is 22.9 Å². The van der Waals surface area contributed by atoms with Crippen molar-refractivity contribution in [3.05, 3.63) is 149 Å². The first-order valence-electron chi connectivity index (χ1n) is 22.8. The van der Waals surface area contributed by atoms with Gasteiger partial charge in [-0.25, -0.2) is 4.79 Å². The number of fused-ring (bicyclic) bond motifs is 2. The van der Waals surface area contributed by atoms with Gasteiger partial charge >= 0.3 is 6.09 Å². The van der Waals surface area contributed by atoms with Crippen LogP contribution in [-0.2, 0) is 32.3 Å². The summed E-state index contributed by atoms with van der Waals surface area (Å²) in [7, 11) is 1.72. The minimum absolute atomic E-state index is 0.0526. The van der Waals surface area contributed by atoms with E-state index >= 15 is 0 Å². The molecule has 4 aromatic carbocycles. The summed E-state index contributed by atoms with van der Waals surface area (Å²) in [4.78, 5) is 22.0. The number of amides is 1. The van der Waals surface area contributed by atoms with Gasteiger partial charge in [0.1, 0.15) is 36.5 Å². The Hall–Kier alpha value is -5.46. The molecule has 7 rings (SSSR count). The Morgan fingerprint density at radius 3 is 2.25 bits per heavy atom. The molecule has 11 heteroatoms. The third-order valence-electron chi connectivity index (χ3n) is 12.9. The summed E-state index contributed by atoms with van der Waals surface area (Å²) in [5.41, 5.74) is 6.96. The standard InChI is InChI=1S/C53H64N2O9/c1-5-28-61-53-49(55(4)52(58)60-30-29-59-35-39-16-8-6-9-17-39)34-47(54-62-36-40-18-10-7-11-19-40)45-32-41(20-12-14-26-56)44(21-13-15-27-57)50(51(45)53)46-33-43(24-25-48(46)64-53)63-42-23-22-37(2)38(3)31-42/h5-11,16-19,22-25,31-33,41,44,49-51,56-57H,1,12-15,20-21,26-30,34-36H2,2-4H3/t41-,44+,49-,50+,51+,53+/m0/s1. The lowest BCUT2D eigenvalue weighted by Crippen LogP contribution is -2.69. The molecule has 11 nitrogen and oxygen atoms in total. The summed E-state index contributed by atoms with van der Waals surface area (Å²) in [6.07, 6.45) is 8.39. The lowest BCUT2D eigenvalue weighted by Gasteiger charge is -2.59. The fourth-order valence-corrected chi connectivity index (χ4v) is 9.64. The highest BCUT2D eigenvalue weighted by Gasteiger charge is 2.65. The van der Waals surface area contributed by atoms with Crippen LogP contribution in [0, 0.1) is 31.6 Å². The smallest absolute Gasteiger partial charge is 0.410 e. The molecule has 340 valence electrons. The average Bonchev–Trinajstić information content (AvgIpc) is 3.31. The third kappa shape index (κ3) is 10.9. The van der Waals surface area contributed by atoms with Crippen LogP contribution in [0.15, 0.2) is 127 Å². The molecule has 2 aliphatic carbocycles. The zero-order valence-corrected chi connectivity index (χ0v) is 37.5. The number of ether oxygens (including phenoxy) is 5. The molecule has 1 fully saturated rings. The number of unbranched alkanes of at least 4 members (excludes halogenated alkanes) is 2. The van der Waals surface area contributed by atoms with E-state index in [1.807, 2.05) is 84.9 Å². The number of oxime groups is 1. The second-order valence-corrected chi connectivity index (χ2v) is 17.1. The van der Waals surface area contributed by atoms with E-state index in [2.05, 4.69) is 38.6 Å². The fraction of sp³-hybridized carbons (Fsp3) is 0.434. The van der Waals surface area contributed by atoms with Gasteiger partial charge in [-0.2, -0.15) is 0 Å². The number of carbonyl (C=O) groups is 1. The number of nitrogens with zero attached hydrogens (tertiary/aromatic N) is 2. The molecule has 1 heterocycles. The van der Waals surface area contributed by atoms with E-state index in [0.717, 1.165) is 59.3 Å². The summed E-state index contributed by atoms with van der Waals surface area (Å²) < 4.78 is 32.6. The van der Waals surface area contributed by atoms with Crippen LogP contribution in [0.3, 0.4) is 0 Å². The highest BCUT2D eigenvalue weighted by Crippen LogP contribution is 2.62. The SMILES string of the molecule is C=CCO[C@@]12Oc3ccc(Oc4ccc(C)c(C)c4)cc3[C@H]3[C@H](CCCCO)[C@@H](CCCCO)C=C(C(=NOCc4ccccc4)C[C@@H]1N(C)C(=O)OCCOCc1ccccc1)[C@H]32. The van der Waals surface area contributed by atoms with Crippen molar-refractivity contribution in [3.63, 3.8) is 0 Å². The summed E-state index contributed by atoms with van der Waals surface area (Å²) >= 11 is 0. The van der Waals surface area contributed by atoms with E-state index in [-0.39, 0.29) is 63.8 Å². The van der Waals surface area contributed by atoms with Crippen molar-refractivity contribution in [2.45, 2.75) is 89.8 Å². The molecular weight excluding hydrogens is 809 g/mol. The highest BCUT2D eigenvalue weighted by atomic mass is 16.7. The van der Waals surface area contributed by atoms with E-state index in [4.69, 9.17) is 33.7 Å². The third-order valence-corrected chi connectivity index (χ3v) is 12.9. The number of hydrogen-bond donors (Lipinski definition) is 2. The van der Waals surface area contributed by atoms with Crippen molar-refractivity contribution in [1.82, 2.24) is 4.90 Å². The minimum Gasteiger partial charge on any atom is -0.459 e. The van der Waals surface area contributed by atoms with Gasteiger partial charge in [0.25, 0.3) is 0 Å². The highest BCUT2D eigenvalue weighted by molar-refractivity contribution is 6.03. The second-order valence-electron chi connectivity index (χ2n) is 17.1. The van der Waals surface area contributed by atoms with Gasteiger partial charge in [-0.3, -0.25) is 0 Å². The van der Waals surface area contributed by atoms with Gasteiger partial charge in [0, 0.05) is 38.2 Å². The van der Waals surface area contributed by atoms with Gasteiger partial charge in [-0.1, -0.05) is 96.9 Å². The van der Waals surface area contributed by atoms with E-state index in [1.165, 1.54) is 5.56 Å². The molecule has 1 amide bonds. The lowest BCUT2D eigenvalue weighted by atomic mass is 9.55. The van der Waals surface area contributed by atoms with Crippen molar-refractivity contribution in [2.75, 3.05) is 40.1 Å². The van der Waals surface area contributed by atoms with Crippen LogP contribution in [0.2, 0.25) is 0 Å². The number of hydrogen-bond acceptors (Lipinski definition) is 10. The molecule has 0 aromatic heterocycles. The molecule has 0 unspecified atom stereocenters. The molecule has 1 saturated carbocycles. The van der Waals surface area contributed by atoms with E-state index < -0.39 is 23.8 Å². The Morgan fingerprint density at radius 1 is 0.859 bits per heavy atom. The maximum atomic E-state index is 14.2. The molecule has 4 aromatic rings. The molecule has 0 saturated heterocycles. The topological polar surface area (TPSA) is 129 Å². The van der Waals surface area contributed by atoms with Gasteiger partial charge in [-0.15, -0.1) is 6.58 Å². The number of aryl methyl sites for hydroxylation is 2. The summed E-state index contributed by atoms with van der Waals surface area (Å²) in [6, 6.07) is 31.1. The zero-order chi connectivity index (χ0) is 44.9. The molecule has 0 spiro atoms. The Morgan fingerprint density at radius 2 is 1.55 bits per heavy atom. The molecule has 0 bridgehead atoms. The van der Waals surface area contributed by atoms with Gasteiger partial charge < -0.3 is 43.6 Å². The average molecular weight is 873 g/mol. The number of benzene rings is 4. The number of aliphatic hydroxyl groups is 2. The molecule has 6 atom stereocenters. The molecule has 2 N–H and O–H groups in total. The Balaban J connectivity index is 1.32. The number of allylic oxidation sites excluding steroid dienone is 1. The lowest BCUT2D eigenvalue weighted by molar-refractivity contribution is -0.253. The van der Waals surface area contributed by atoms with Crippen LogP contribution in [0.5, 0.6) is 17.2 Å². The predicted octanol–water partition coefficient (Wildman–Crippen LogP) is 10.2. The second kappa shape index (κ2) is 22.4. The van der Waals surface area contributed by atoms with Gasteiger partial charge in [0.2, 0.25) is 5.79 Å². The first-order chi connectivity index (χ1) is 31.3. The monoisotopic (exact) mass is 872 g/mol. The molecule has 3 aliphatic rings. The Kier molecular flexibility index (Phi) is 16.3. The van der Waals surface area contributed by atoms with Crippen LogP contribution in [-0.4, -0.2) is 78.8 Å². The first kappa shape index (κ1) is 46.5. The number of aliphatic hydroxyl groups excluding tert-OH is 2. The predicted molar refractivity (Wildman–Crippen MR) is 247 cm³/mol. The maximum absolute atomic E-state index is 14.2. The van der Waals surface area contributed by atoms with Crippen LogP contribution >= 0.6 is 0 Å². The van der Waals surface area contributed by atoms with Crippen LogP contribution < -0.4 is 9.47 Å².